The molecular formula is C9H13Br2NS. The lowest BCUT2D eigenvalue weighted by Gasteiger charge is -2.17. The highest BCUT2D eigenvalue weighted by atomic mass is 79.9. The maximum absolute atomic E-state index is 3.47. The summed E-state index contributed by atoms with van der Waals surface area (Å²) in [5.41, 5.74) is 0. The molecule has 74 valence electrons. The molecule has 1 aromatic rings. The molecule has 0 aliphatic carbocycles. The van der Waals surface area contributed by atoms with Gasteiger partial charge in [-0.05, 0) is 34.6 Å². The van der Waals surface area contributed by atoms with Gasteiger partial charge in [-0.15, -0.1) is 11.3 Å². The molecular weight excluding hydrogens is 314 g/mol. The molecule has 0 radical (unpaired) electrons. The normalized spacial score (nSPS) is 11.1. The van der Waals surface area contributed by atoms with Crippen LogP contribution in [0.3, 0.4) is 0 Å². The van der Waals surface area contributed by atoms with Crippen LogP contribution in [0.2, 0.25) is 0 Å². The van der Waals surface area contributed by atoms with Gasteiger partial charge in [0.2, 0.25) is 0 Å². The van der Waals surface area contributed by atoms with E-state index in [1.807, 2.05) is 11.3 Å². The lowest BCUT2D eigenvalue weighted by Crippen LogP contribution is -2.24. The van der Waals surface area contributed by atoms with Gasteiger partial charge < -0.3 is 0 Å². The van der Waals surface area contributed by atoms with Gasteiger partial charge in [-0.3, -0.25) is 4.90 Å². The largest absolute Gasteiger partial charge is 0.298 e. The Hall–Kier alpha value is 0.620. The van der Waals surface area contributed by atoms with E-state index >= 15 is 0 Å². The third-order valence-electron chi connectivity index (χ3n) is 1.86. The van der Waals surface area contributed by atoms with Crippen molar-refractivity contribution in [2.45, 2.75) is 13.5 Å². The second-order valence-electron chi connectivity index (χ2n) is 2.76. The molecule has 0 aromatic carbocycles. The highest BCUT2D eigenvalue weighted by molar-refractivity contribution is 9.11. The van der Waals surface area contributed by atoms with E-state index in [9.17, 15) is 0 Å². The van der Waals surface area contributed by atoms with Gasteiger partial charge in [0.15, 0.2) is 0 Å². The highest BCUT2D eigenvalue weighted by Gasteiger charge is 2.04. The van der Waals surface area contributed by atoms with Gasteiger partial charge in [0.1, 0.15) is 0 Å². The molecule has 0 amide bonds. The summed E-state index contributed by atoms with van der Waals surface area (Å²) in [5.74, 6) is 0. The van der Waals surface area contributed by atoms with Crippen molar-refractivity contribution in [3.8, 4) is 0 Å². The SMILES string of the molecule is CCN(CCBr)Cc1ccc(Br)s1. The molecule has 0 saturated carbocycles. The Labute approximate surface area is 100 Å². The van der Waals surface area contributed by atoms with Crippen molar-refractivity contribution in [1.29, 1.82) is 0 Å². The van der Waals surface area contributed by atoms with Crippen LogP contribution < -0.4 is 0 Å². The second kappa shape index (κ2) is 6.17. The Morgan fingerprint density at radius 1 is 1.46 bits per heavy atom. The standard InChI is InChI=1S/C9H13Br2NS/c1-2-12(6-5-10)7-8-3-4-9(11)13-8/h3-4H,2,5-7H2,1H3. The quantitative estimate of drug-likeness (QED) is 0.745. The van der Waals surface area contributed by atoms with Crippen LogP contribution in [0, 0.1) is 0 Å². The zero-order chi connectivity index (χ0) is 9.68. The van der Waals surface area contributed by atoms with E-state index in [0.717, 1.165) is 25.0 Å². The van der Waals surface area contributed by atoms with Crippen LogP contribution in [0.1, 0.15) is 11.8 Å². The molecule has 1 heterocycles. The Bertz CT molecular complexity index is 250. The van der Waals surface area contributed by atoms with E-state index < -0.39 is 0 Å². The second-order valence-corrected chi connectivity index (χ2v) is 6.10. The highest BCUT2D eigenvalue weighted by Crippen LogP contribution is 2.23. The Morgan fingerprint density at radius 2 is 2.23 bits per heavy atom. The molecule has 0 atom stereocenters. The first-order valence-electron chi connectivity index (χ1n) is 4.28. The number of hydrogen-bond donors (Lipinski definition) is 0. The number of rotatable bonds is 5. The predicted molar refractivity (Wildman–Crippen MR) is 66.8 cm³/mol. The van der Waals surface area contributed by atoms with Gasteiger partial charge in [0, 0.05) is 23.3 Å². The summed E-state index contributed by atoms with van der Waals surface area (Å²) in [7, 11) is 0. The summed E-state index contributed by atoms with van der Waals surface area (Å²) in [5, 5.41) is 1.05. The van der Waals surface area contributed by atoms with Crippen molar-refractivity contribution in [3.05, 3.63) is 20.8 Å². The van der Waals surface area contributed by atoms with Crippen LogP contribution in [0.5, 0.6) is 0 Å². The van der Waals surface area contributed by atoms with Gasteiger partial charge in [0.25, 0.3) is 0 Å². The van der Waals surface area contributed by atoms with Crippen LogP contribution in [0.4, 0.5) is 0 Å². The molecule has 1 rings (SSSR count). The fourth-order valence-electron chi connectivity index (χ4n) is 1.13. The van der Waals surface area contributed by atoms with Gasteiger partial charge >= 0.3 is 0 Å². The number of thiophene rings is 1. The monoisotopic (exact) mass is 325 g/mol. The van der Waals surface area contributed by atoms with Gasteiger partial charge in [0.05, 0.1) is 3.79 Å². The molecule has 0 bridgehead atoms. The summed E-state index contributed by atoms with van der Waals surface area (Å²) in [4.78, 5) is 3.85. The summed E-state index contributed by atoms with van der Waals surface area (Å²) in [6.07, 6.45) is 0. The lowest BCUT2D eigenvalue weighted by atomic mass is 10.4. The molecule has 0 saturated heterocycles. The molecule has 0 unspecified atom stereocenters. The third kappa shape index (κ3) is 4.11. The van der Waals surface area contributed by atoms with Crippen LogP contribution in [0.15, 0.2) is 15.9 Å². The first-order chi connectivity index (χ1) is 6.26. The Balaban J connectivity index is 2.46. The Morgan fingerprint density at radius 3 is 2.69 bits per heavy atom. The minimum Gasteiger partial charge on any atom is -0.298 e. The van der Waals surface area contributed by atoms with Crippen LogP contribution >= 0.6 is 43.2 Å². The molecule has 13 heavy (non-hydrogen) atoms. The summed E-state index contributed by atoms with van der Waals surface area (Å²) in [6.45, 7) is 5.50. The van der Waals surface area contributed by atoms with Crippen molar-refractivity contribution in [2.24, 2.45) is 0 Å². The van der Waals surface area contributed by atoms with Crippen LogP contribution in [0.25, 0.3) is 0 Å². The first kappa shape index (κ1) is 11.7. The van der Waals surface area contributed by atoms with Crippen molar-refractivity contribution in [2.75, 3.05) is 18.4 Å². The number of nitrogens with zero attached hydrogens (tertiary/aromatic N) is 1. The van der Waals surface area contributed by atoms with Gasteiger partial charge in [-0.25, -0.2) is 0 Å². The van der Waals surface area contributed by atoms with Gasteiger partial charge in [-0.2, -0.15) is 0 Å². The zero-order valence-corrected chi connectivity index (χ0v) is 11.6. The predicted octanol–water partition coefficient (Wildman–Crippen LogP) is 3.73. The van der Waals surface area contributed by atoms with Crippen LogP contribution in [-0.2, 0) is 6.54 Å². The van der Waals surface area contributed by atoms with E-state index in [1.165, 1.54) is 8.66 Å². The topological polar surface area (TPSA) is 3.24 Å². The van der Waals surface area contributed by atoms with E-state index in [4.69, 9.17) is 0 Å². The number of alkyl halides is 1. The van der Waals surface area contributed by atoms with E-state index in [0.29, 0.717) is 0 Å². The molecule has 4 heteroatoms. The van der Waals surface area contributed by atoms with Crippen LogP contribution in [-0.4, -0.2) is 23.3 Å². The molecule has 0 N–H and O–H groups in total. The summed E-state index contributed by atoms with van der Waals surface area (Å²) >= 11 is 8.75. The molecule has 0 aliphatic heterocycles. The fraction of sp³-hybridized carbons (Fsp3) is 0.556. The van der Waals surface area contributed by atoms with Crippen molar-refractivity contribution >= 4 is 43.2 Å². The van der Waals surface area contributed by atoms with Crippen molar-refractivity contribution < 1.29 is 0 Å². The smallest absolute Gasteiger partial charge is 0.0701 e. The molecule has 0 spiro atoms. The van der Waals surface area contributed by atoms with E-state index in [-0.39, 0.29) is 0 Å². The molecule has 1 nitrogen and oxygen atoms in total. The number of halogens is 2. The first-order valence-corrected chi connectivity index (χ1v) is 7.02. The fourth-order valence-corrected chi connectivity index (χ4v) is 3.15. The Kier molecular flexibility index (Phi) is 5.55. The lowest BCUT2D eigenvalue weighted by molar-refractivity contribution is 0.302. The third-order valence-corrected chi connectivity index (χ3v) is 3.82. The minimum absolute atomic E-state index is 1.05. The van der Waals surface area contributed by atoms with Gasteiger partial charge in [-0.1, -0.05) is 22.9 Å². The molecule has 0 aliphatic rings. The zero-order valence-electron chi connectivity index (χ0n) is 7.59. The van der Waals surface area contributed by atoms with E-state index in [2.05, 4.69) is 55.8 Å². The molecule has 0 fully saturated rings. The van der Waals surface area contributed by atoms with Crippen molar-refractivity contribution in [1.82, 2.24) is 4.90 Å². The summed E-state index contributed by atoms with van der Waals surface area (Å²) < 4.78 is 1.22. The summed E-state index contributed by atoms with van der Waals surface area (Å²) in [6, 6.07) is 4.30. The maximum Gasteiger partial charge on any atom is 0.0701 e. The average Bonchev–Trinajstić information content (AvgIpc) is 2.50. The maximum atomic E-state index is 3.47. The number of hydrogen-bond acceptors (Lipinski definition) is 2. The average molecular weight is 327 g/mol. The molecule has 1 aromatic heterocycles. The van der Waals surface area contributed by atoms with Crippen molar-refractivity contribution in [3.63, 3.8) is 0 Å². The van der Waals surface area contributed by atoms with E-state index in [1.54, 1.807) is 0 Å². The minimum atomic E-state index is 1.05.